The van der Waals surface area contributed by atoms with Gasteiger partial charge >= 0.3 is 11.6 Å². The van der Waals surface area contributed by atoms with E-state index in [1.807, 2.05) is 19.9 Å². The molecule has 2 aromatic rings. The minimum atomic E-state index is -0.418. The predicted octanol–water partition coefficient (Wildman–Crippen LogP) is 3.92. The predicted molar refractivity (Wildman–Crippen MR) is 112 cm³/mol. The number of carbonyl (C=O) groups excluding carboxylic acids is 1. The number of hydrogen-bond acceptors (Lipinski definition) is 6. The number of nitrogens with zero attached hydrogens (tertiary/aromatic N) is 1. The number of aromatic hydroxyl groups is 1. The minimum Gasteiger partial charge on any atom is -0.507 e. The molecule has 1 fully saturated rings. The lowest BCUT2D eigenvalue weighted by Gasteiger charge is -2.30. The number of rotatable bonds is 7. The number of hydrogen-bond donors (Lipinski definition) is 1. The van der Waals surface area contributed by atoms with E-state index in [0.717, 1.165) is 43.3 Å². The summed E-state index contributed by atoms with van der Waals surface area (Å²) in [6.07, 6.45) is 3.60. The van der Waals surface area contributed by atoms with Crippen LogP contribution in [0, 0.1) is 12.8 Å². The largest absolute Gasteiger partial charge is 0.507 e. The van der Waals surface area contributed by atoms with E-state index in [-0.39, 0.29) is 18.1 Å². The number of ether oxygens (including phenoxy) is 1. The van der Waals surface area contributed by atoms with E-state index < -0.39 is 5.63 Å². The summed E-state index contributed by atoms with van der Waals surface area (Å²) in [5.74, 6) is 0.555. The Labute approximate surface area is 171 Å². The number of likely N-dealkylation sites (tertiary alicyclic amines) is 1. The lowest BCUT2D eigenvalue weighted by Crippen LogP contribution is -2.32. The summed E-state index contributed by atoms with van der Waals surface area (Å²) in [5, 5.41) is 11.8. The summed E-state index contributed by atoms with van der Waals surface area (Å²) < 4.78 is 10.7. The molecule has 0 bridgehead atoms. The van der Waals surface area contributed by atoms with Crippen molar-refractivity contribution < 1.29 is 19.1 Å². The van der Waals surface area contributed by atoms with Gasteiger partial charge in [-0.05, 0) is 68.8 Å². The fourth-order valence-corrected chi connectivity index (χ4v) is 3.87. The van der Waals surface area contributed by atoms with Crippen LogP contribution in [0.15, 0.2) is 21.3 Å². The summed E-state index contributed by atoms with van der Waals surface area (Å²) in [6.45, 7) is 8.90. The monoisotopic (exact) mass is 401 g/mol. The Kier molecular flexibility index (Phi) is 6.96. The van der Waals surface area contributed by atoms with Crippen LogP contribution in [-0.2, 0) is 22.5 Å². The van der Waals surface area contributed by atoms with Crippen molar-refractivity contribution in [3.63, 3.8) is 0 Å². The Hall–Kier alpha value is -2.34. The number of piperidine rings is 1. The molecule has 6 nitrogen and oxygen atoms in total. The zero-order valence-corrected chi connectivity index (χ0v) is 17.6. The van der Waals surface area contributed by atoms with Crippen molar-refractivity contribution in [3.8, 4) is 5.75 Å². The van der Waals surface area contributed by atoms with Crippen molar-refractivity contribution in [3.05, 3.63) is 39.2 Å². The third kappa shape index (κ3) is 5.18. The molecule has 0 amide bonds. The number of carbonyl (C=O) groups is 1. The Morgan fingerprint density at radius 1 is 1.31 bits per heavy atom. The second kappa shape index (κ2) is 9.44. The maximum atomic E-state index is 12.0. The van der Waals surface area contributed by atoms with Gasteiger partial charge in [0, 0.05) is 24.4 Å². The summed E-state index contributed by atoms with van der Waals surface area (Å²) in [6, 6.07) is 3.29. The van der Waals surface area contributed by atoms with Gasteiger partial charge in [-0.1, -0.05) is 13.8 Å². The molecule has 29 heavy (non-hydrogen) atoms. The fraction of sp³-hybridized carbons (Fsp3) is 0.565. The maximum absolute atomic E-state index is 12.0. The molecule has 158 valence electrons. The van der Waals surface area contributed by atoms with E-state index in [2.05, 4.69) is 11.8 Å². The Morgan fingerprint density at radius 3 is 2.72 bits per heavy atom. The molecule has 3 rings (SSSR count). The van der Waals surface area contributed by atoms with Gasteiger partial charge in [0.2, 0.25) is 0 Å². The van der Waals surface area contributed by atoms with Gasteiger partial charge in [0.05, 0.1) is 12.2 Å². The lowest BCUT2D eigenvalue weighted by atomic mass is 9.96. The van der Waals surface area contributed by atoms with Crippen LogP contribution in [-0.4, -0.2) is 35.7 Å². The summed E-state index contributed by atoms with van der Waals surface area (Å²) in [5.41, 5.74) is 2.15. The molecule has 0 saturated carbocycles. The van der Waals surface area contributed by atoms with Crippen LogP contribution in [0.2, 0.25) is 0 Å². The summed E-state index contributed by atoms with van der Waals surface area (Å²) in [7, 11) is 0. The van der Waals surface area contributed by atoms with E-state index in [9.17, 15) is 14.7 Å². The number of aryl methyl sites for hydroxylation is 2. The van der Waals surface area contributed by atoms with E-state index >= 15 is 0 Å². The number of benzene rings is 1. The van der Waals surface area contributed by atoms with Crippen LogP contribution in [0.4, 0.5) is 0 Å². The molecular formula is C23H31NO5. The number of phenolic OH excluding ortho intramolecular Hbond substituents is 1. The van der Waals surface area contributed by atoms with E-state index in [1.54, 1.807) is 0 Å². The standard InChI is InChI=1S/C23H31NO5/c1-4-11-28-20(25)6-5-17-13-18-16(3)12-21(26)29-23(18)19(22(17)27)14-24-9-7-15(2)8-10-24/h12-13,15,27H,4-11,14H2,1-3H3. The van der Waals surface area contributed by atoms with Crippen molar-refractivity contribution >= 4 is 16.9 Å². The van der Waals surface area contributed by atoms with Crippen molar-refractivity contribution in [2.75, 3.05) is 19.7 Å². The van der Waals surface area contributed by atoms with Crippen molar-refractivity contribution in [1.29, 1.82) is 0 Å². The van der Waals surface area contributed by atoms with Crippen molar-refractivity contribution in [2.45, 2.75) is 59.4 Å². The highest BCUT2D eigenvalue weighted by molar-refractivity contribution is 5.86. The van der Waals surface area contributed by atoms with Crippen molar-refractivity contribution in [2.24, 2.45) is 5.92 Å². The van der Waals surface area contributed by atoms with Crippen LogP contribution in [0.3, 0.4) is 0 Å². The first-order chi connectivity index (χ1) is 13.9. The van der Waals surface area contributed by atoms with Gasteiger partial charge in [0.1, 0.15) is 11.3 Å². The fourth-order valence-electron chi connectivity index (χ4n) is 3.87. The highest BCUT2D eigenvalue weighted by Gasteiger charge is 2.22. The van der Waals surface area contributed by atoms with Crippen LogP contribution in [0.25, 0.3) is 11.0 Å². The Morgan fingerprint density at radius 2 is 2.03 bits per heavy atom. The summed E-state index contributed by atoms with van der Waals surface area (Å²) >= 11 is 0. The average molecular weight is 402 g/mol. The molecule has 0 aliphatic carbocycles. The number of fused-ring (bicyclic) bond motifs is 1. The van der Waals surface area contributed by atoms with Crippen LogP contribution in [0.1, 0.15) is 56.2 Å². The molecule has 0 unspecified atom stereocenters. The van der Waals surface area contributed by atoms with Crippen molar-refractivity contribution in [1.82, 2.24) is 4.90 Å². The van der Waals surface area contributed by atoms with Gasteiger partial charge in [-0.3, -0.25) is 9.69 Å². The maximum Gasteiger partial charge on any atom is 0.336 e. The molecular weight excluding hydrogens is 370 g/mol. The molecule has 1 aliphatic rings. The van der Waals surface area contributed by atoms with E-state index in [4.69, 9.17) is 9.15 Å². The first-order valence-electron chi connectivity index (χ1n) is 10.5. The highest BCUT2D eigenvalue weighted by Crippen LogP contribution is 2.34. The molecule has 2 heterocycles. The van der Waals surface area contributed by atoms with Gasteiger partial charge < -0.3 is 14.3 Å². The molecule has 0 spiro atoms. The third-order valence-corrected chi connectivity index (χ3v) is 5.71. The minimum absolute atomic E-state index is 0.119. The second-order valence-electron chi connectivity index (χ2n) is 8.17. The van der Waals surface area contributed by atoms with Crippen LogP contribution in [0.5, 0.6) is 5.75 Å². The quantitative estimate of drug-likeness (QED) is 0.559. The van der Waals surface area contributed by atoms with Gasteiger partial charge in [-0.2, -0.15) is 0 Å². The van der Waals surface area contributed by atoms with Gasteiger partial charge in [0.25, 0.3) is 0 Å². The average Bonchev–Trinajstić information content (AvgIpc) is 2.69. The van der Waals surface area contributed by atoms with Crippen LogP contribution >= 0.6 is 0 Å². The third-order valence-electron chi connectivity index (χ3n) is 5.71. The summed E-state index contributed by atoms with van der Waals surface area (Å²) in [4.78, 5) is 26.2. The SMILES string of the molecule is CCCOC(=O)CCc1cc2c(C)cc(=O)oc2c(CN2CCC(C)CC2)c1O. The van der Waals surface area contributed by atoms with E-state index in [0.29, 0.717) is 42.2 Å². The van der Waals surface area contributed by atoms with Gasteiger partial charge in [-0.15, -0.1) is 0 Å². The molecule has 0 atom stereocenters. The highest BCUT2D eigenvalue weighted by atomic mass is 16.5. The molecule has 1 aromatic carbocycles. The topological polar surface area (TPSA) is 80.0 Å². The van der Waals surface area contributed by atoms with Crippen LogP contribution < -0.4 is 5.63 Å². The van der Waals surface area contributed by atoms with Gasteiger partial charge in [-0.25, -0.2) is 4.79 Å². The first-order valence-corrected chi connectivity index (χ1v) is 10.5. The molecule has 1 aliphatic heterocycles. The molecule has 0 radical (unpaired) electrons. The number of phenols is 1. The zero-order valence-electron chi connectivity index (χ0n) is 17.6. The lowest BCUT2D eigenvalue weighted by molar-refractivity contribution is -0.143. The molecule has 1 N–H and O–H groups in total. The second-order valence-corrected chi connectivity index (χ2v) is 8.17. The molecule has 1 aromatic heterocycles. The number of esters is 1. The molecule has 1 saturated heterocycles. The Balaban J connectivity index is 1.94. The van der Waals surface area contributed by atoms with E-state index in [1.165, 1.54) is 6.07 Å². The Bertz CT molecular complexity index is 925. The van der Waals surface area contributed by atoms with Gasteiger partial charge in [0.15, 0.2) is 0 Å². The normalized spacial score (nSPS) is 15.7. The molecule has 6 heteroatoms. The first kappa shape index (κ1) is 21.4. The smallest absolute Gasteiger partial charge is 0.336 e. The zero-order chi connectivity index (χ0) is 21.0.